The van der Waals surface area contributed by atoms with Gasteiger partial charge in [0.2, 0.25) is 0 Å². The van der Waals surface area contributed by atoms with Gasteiger partial charge in [-0.1, -0.05) is 42.5 Å². The zero-order chi connectivity index (χ0) is 17.2. The van der Waals surface area contributed by atoms with Gasteiger partial charge in [-0.2, -0.15) is 0 Å². The van der Waals surface area contributed by atoms with E-state index in [1.54, 1.807) is 13.2 Å². The van der Waals surface area contributed by atoms with E-state index in [1.807, 2.05) is 54.6 Å². The maximum atomic E-state index is 11.7. The van der Waals surface area contributed by atoms with Crippen LogP contribution < -0.4 is 10.1 Å². The summed E-state index contributed by atoms with van der Waals surface area (Å²) in [5.74, 6) is -0.200. The number of hydrogen-bond donors (Lipinski definition) is 1. The lowest BCUT2D eigenvalue weighted by Gasteiger charge is -2.07. The van der Waals surface area contributed by atoms with Crippen LogP contribution in [-0.4, -0.2) is 25.6 Å². The van der Waals surface area contributed by atoms with Crippen LogP contribution in [0.2, 0.25) is 0 Å². The van der Waals surface area contributed by atoms with Gasteiger partial charge >= 0.3 is 5.97 Å². The average molecular weight is 325 g/mol. The first kappa shape index (κ1) is 17.3. The van der Waals surface area contributed by atoms with Crippen molar-refractivity contribution in [2.24, 2.45) is 0 Å². The van der Waals surface area contributed by atoms with Crippen LogP contribution in [0.4, 0.5) is 0 Å². The molecule has 0 radical (unpaired) electrons. The molecule has 5 nitrogen and oxygen atoms in total. The van der Waals surface area contributed by atoms with Crippen molar-refractivity contribution in [1.82, 2.24) is 5.32 Å². The zero-order valence-electron chi connectivity index (χ0n) is 13.4. The van der Waals surface area contributed by atoms with E-state index in [0.717, 1.165) is 16.9 Å². The molecule has 0 fully saturated rings. The molecule has 0 bridgehead atoms. The number of nitrogens with one attached hydrogen (secondary N) is 1. The number of rotatable bonds is 7. The summed E-state index contributed by atoms with van der Waals surface area (Å²) < 4.78 is 10.0. The molecular weight excluding hydrogens is 306 g/mol. The summed E-state index contributed by atoms with van der Waals surface area (Å²) >= 11 is 0. The number of ether oxygens (including phenoxy) is 2. The van der Waals surface area contributed by atoms with Gasteiger partial charge in [0.15, 0.2) is 6.61 Å². The fourth-order valence-electron chi connectivity index (χ4n) is 1.95. The number of carbonyl (C=O) groups excluding carboxylic acids is 2. The first-order valence-corrected chi connectivity index (χ1v) is 7.47. The molecule has 0 spiro atoms. The molecule has 0 unspecified atom stereocenters. The highest BCUT2D eigenvalue weighted by molar-refractivity contribution is 5.89. The third-order valence-electron chi connectivity index (χ3n) is 3.18. The largest absolute Gasteiger partial charge is 0.497 e. The van der Waals surface area contributed by atoms with E-state index < -0.39 is 5.97 Å². The summed E-state index contributed by atoms with van der Waals surface area (Å²) in [4.78, 5) is 23.3. The van der Waals surface area contributed by atoms with Gasteiger partial charge in [0, 0.05) is 12.6 Å². The highest BCUT2D eigenvalue weighted by Crippen LogP contribution is 2.12. The van der Waals surface area contributed by atoms with Crippen LogP contribution >= 0.6 is 0 Å². The normalized spacial score (nSPS) is 10.4. The Morgan fingerprint density at radius 2 is 1.88 bits per heavy atom. The predicted octanol–water partition coefficient (Wildman–Crippen LogP) is 2.57. The van der Waals surface area contributed by atoms with Crippen molar-refractivity contribution in [2.45, 2.75) is 6.54 Å². The zero-order valence-corrected chi connectivity index (χ0v) is 13.4. The number of esters is 1. The smallest absolute Gasteiger partial charge is 0.331 e. The maximum Gasteiger partial charge on any atom is 0.331 e. The summed E-state index contributed by atoms with van der Waals surface area (Å²) in [5, 5.41) is 2.68. The van der Waals surface area contributed by atoms with Crippen LogP contribution in [0.25, 0.3) is 6.08 Å². The summed E-state index contributed by atoms with van der Waals surface area (Å²) in [6.07, 6.45) is 2.93. The van der Waals surface area contributed by atoms with E-state index in [1.165, 1.54) is 6.08 Å². The van der Waals surface area contributed by atoms with Crippen molar-refractivity contribution in [1.29, 1.82) is 0 Å². The highest BCUT2D eigenvalue weighted by atomic mass is 16.5. The third-order valence-corrected chi connectivity index (χ3v) is 3.18. The number of carbonyl (C=O) groups is 2. The van der Waals surface area contributed by atoms with Crippen LogP contribution in [-0.2, 0) is 20.9 Å². The molecule has 0 aliphatic carbocycles. The Morgan fingerprint density at radius 3 is 2.62 bits per heavy atom. The van der Waals surface area contributed by atoms with E-state index in [9.17, 15) is 9.59 Å². The second-order valence-corrected chi connectivity index (χ2v) is 4.98. The Morgan fingerprint density at radius 1 is 1.08 bits per heavy atom. The Labute approximate surface area is 140 Å². The van der Waals surface area contributed by atoms with Crippen LogP contribution in [0, 0.1) is 0 Å². The molecule has 1 N–H and O–H groups in total. The molecule has 0 aliphatic rings. The molecular formula is C19H19NO4. The first-order chi connectivity index (χ1) is 11.7. The highest BCUT2D eigenvalue weighted by Gasteiger charge is 2.05. The SMILES string of the molecule is COc1cccc(CNC(=O)COC(=O)/C=C/c2ccccc2)c1. The van der Waals surface area contributed by atoms with E-state index >= 15 is 0 Å². The summed E-state index contributed by atoms with van der Waals surface area (Å²) in [6, 6.07) is 16.7. The molecule has 24 heavy (non-hydrogen) atoms. The van der Waals surface area contributed by atoms with Gasteiger partial charge in [0.05, 0.1) is 7.11 Å². The third kappa shape index (κ3) is 5.96. The van der Waals surface area contributed by atoms with Crippen LogP contribution in [0.1, 0.15) is 11.1 Å². The molecule has 0 aromatic heterocycles. The number of methoxy groups -OCH3 is 1. The standard InChI is InChI=1S/C19H19NO4/c1-23-17-9-5-8-16(12-17)13-20-18(21)14-24-19(22)11-10-15-6-3-2-4-7-15/h2-12H,13-14H2,1H3,(H,20,21)/b11-10+. The molecule has 2 rings (SSSR count). The second kappa shape index (κ2) is 9.15. The maximum absolute atomic E-state index is 11.7. The van der Waals surface area contributed by atoms with E-state index in [0.29, 0.717) is 6.54 Å². The first-order valence-electron chi connectivity index (χ1n) is 7.47. The molecule has 2 aromatic rings. The molecule has 124 valence electrons. The van der Waals surface area contributed by atoms with E-state index in [2.05, 4.69) is 5.32 Å². The lowest BCUT2D eigenvalue weighted by molar-refractivity contribution is -0.143. The minimum atomic E-state index is -0.560. The molecule has 0 saturated heterocycles. The van der Waals surface area contributed by atoms with Gasteiger partial charge in [-0.3, -0.25) is 4.79 Å². The molecule has 2 aromatic carbocycles. The van der Waals surface area contributed by atoms with Crippen LogP contribution in [0.3, 0.4) is 0 Å². The van der Waals surface area contributed by atoms with Gasteiger partial charge in [0.25, 0.3) is 5.91 Å². The molecule has 1 amide bonds. The minimum Gasteiger partial charge on any atom is -0.497 e. The lowest BCUT2D eigenvalue weighted by Crippen LogP contribution is -2.28. The fraction of sp³-hybridized carbons (Fsp3) is 0.158. The van der Waals surface area contributed by atoms with Crippen molar-refractivity contribution in [2.75, 3.05) is 13.7 Å². The molecule has 0 saturated carbocycles. The lowest BCUT2D eigenvalue weighted by atomic mass is 10.2. The predicted molar refractivity (Wildman–Crippen MR) is 91.3 cm³/mol. The topological polar surface area (TPSA) is 64.6 Å². The van der Waals surface area contributed by atoms with Gasteiger partial charge in [-0.15, -0.1) is 0 Å². The average Bonchev–Trinajstić information content (AvgIpc) is 2.64. The van der Waals surface area contributed by atoms with E-state index in [4.69, 9.17) is 9.47 Å². The van der Waals surface area contributed by atoms with Crippen molar-refractivity contribution in [3.63, 3.8) is 0 Å². The van der Waals surface area contributed by atoms with Gasteiger partial charge in [0.1, 0.15) is 5.75 Å². The molecule has 0 atom stereocenters. The number of benzene rings is 2. The minimum absolute atomic E-state index is 0.318. The molecule has 5 heteroatoms. The second-order valence-electron chi connectivity index (χ2n) is 4.98. The monoisotopic (exact) mass is 325 g/mol. The Balaban J connectivity index is 1.72. The summed E-state index contributed by atoms with van der Waals surface area (Å²) in [5.41, 5.74) is 1.79. The Kier molecular flexibility index (Phi) is 6.58. The summed E-state index contributed by atoms with van der Waals surface area (Å²) in [7, 11) is 1.58. The van der Waals surface area contributed by atoms with Crippen molar-refractivity contribution in [3.8, 4) is 5.75 Å². The van der Waals surface area contributed by atoms with Crippen LogP contribution in [0.5, 0.6) is 5.75 Å². The number of amides is 1. The molecule has 0 aliphatic heterocycles. The van der Waals surface area contributed by atoms with Crippen LogP contribution in [0.15, 0.2) is 60.7 Å². The van der Waals surface area contributed by atoms with E-state index in [-0.39, 0.29) is 12.5 Å². The number of hydrogen-bond acceptors (Lipinski definition) is 4. The van der Waals surface area contributed by atoms with Crippen molar-refractivity contribution >= 4 is 18.0 Å². The fourth-order valence-corrected chi connectivity index (χ4v) is 1.95. The Bertz CT molecular complexity index is 710. The van der Waals surface area contributed by atoms with Gasteiger partial charge < -0.3 is 14.8 Å². The van der Waals surface area contributed by atoms with Crippen molar-refractivity contribution in [3.05, 3.63) is 71.8 Å². The van der Waals surface area contributed by atoms with Crippen molar-refractivity contribution < 1.29 is 19.1 Å². The molecule has 0 heterocycles. The quantitative estimate of drug-likeness (QED) is 0.628. The summed E-state index contributed by atoms with van der Waals surface area (Å²) in [6.45, 7) is 0.0232. The van der Waals surface area contributed by atoms with Gasteiger partial charge in [-0.25, -0.2) is 4.79 Å². The van der Waals surface area contributed by atoms with Gasteiger partial charge in [-0.05, 0) is 29.3 Å². The Hall–Kier alpha value is -3.08.